The number of methoxy groups -OCH3 is 1. The van der Waals surface area contributed by atoms with Gasteiger partial charge in [-0.2, -0.15) is 0 Å². The first-order valence-electron chi connectivity index (χ1n) is 7.59. The third kappa shape index (κ3) is 3.50. The number of carbonyl (C=O) groups excluding carboxylic acids is 1. The van der Waals surface area contributed by atoms with Crippen LogP contribution in [-0.2, 0) is 21.2 Å². The van der Waals surface area contributed by atoms with Gasteiger partial charge in [0, 0.05) is 25.4 Å². The predicted octanol–water partition coefficient (Wildman–Crippen LogP) is 0.820. The minimum atomic E-state index is -3.50. The molecule has 2 rings (SSSR count). The lowest BCUT2D eigenvalue weighted by atomic mass is 9.95. The zero-order valence-corrected chi connectivity index (χ0v) is 14.6. The highest BCUT2D eigenvalue weighted by Crippen LogP contribution is 2.31. The molecule has 1 fully saturated rings. The highest BCUT2D eigenvalue weighted by molar-refractivity contribution is 7.92. The van der Waals surface area contributed by atoms with Gasteiger partial charge >= 0.3 is 0 Å². The van der Waals surface area contributed by atoms with Gasteiger partial charge in [-0.3, -0.25) is 4.79 Å². The summed E-state index contributed by atoms with van der Waals surface area (Å²) < 4.78 is 28.6. The van der Waals surface area contributed by atoms with Crippen molar-refractivity contribution in [3.05, 3.63) is 29.8 Å². The number of nitrogens with one attached hydrogen (secondary N) is 1. The minimum Gasteiger partial charge on any atom is -0.496 e. The second kappa shape index (κ2) is 6.88. The Kier molecular flexibility index (Phi) is 5.31. The molecule has 1 aromatic rings. The van der Waals surface area contributed by atoms with Crippen LogP contribution in [0.15, 0.2) is 24.3 Å². The molecular formula is C16H24N2O4S. The van der Waals surface area contributed by atoms with Crippen molar-refractivity contribution in [3.8, 4) is 5.75 Å². The molecule has 1 heterocycles. The summed E-state index contributed by atoms with van der Waals surface area (Å²) in [7, 11) is -0.285. The molecule has 23 heavy (non-hydrogen) atoms. The summed E-state index contributed by atoms with van der Waals surface area (Å²) in [5, 5.41) is 3.12. The van der Waals surface area contributed by atoms with Crippen LogP contribution in [0.25, 0.3) is 0 Å². The van der Waals surface area contributed by atoms with Crippen LogP contribution in [0.3, 0.4) is 0 Å². The monoisotopic (exact) mass is 340 g/mol. The minimum absolute atomic E-state index is 0.306. The quantitative estimate of drug-likeness (QED) is 0.859. The topological polar surface area (TPSA) is 75.7 Å². The van der Waals surface area contributed by atoms with Crippen molar-refractivity contribution in [1.82, 2.24) is 10.2 Å². The molecule has 128 valence electrons. The Hall–Kier alpha value is -1.60. The Bertz CT molecular complexity index is 666. The smallest absolute Gasteiger partial charge is 0.244 e. The third-order valence-electron chi connectivity index (χ3n) is 4.46. The van der Waals surface area contributed by atoms with E-state index in [4.69, 9.17) is 4.74 Å². The molecule has 6 nitrogen and oxygen atoms in total. The Labute approximate surface area is 137 Å². The summed E-state index contributed by atoms with van der Waals surface area (Å²) in [5.74, 6) is 0.346. The van der Waals surface area contributed by atoms with Gasteiger partial charge in [0.15, 0.2) is 14.6 Å². The van der Waals surface area contributed by atoms with Crippen molar-refractivity contribution in [1.29, 1.82) is 0 Å². The standard InChI is InChI=1S/C16H24N2O4S/c1-18(12-13-6-4-5-7-14(13)22-2)15(19)16(23(3,20)21)8-10-17-11-9-16/h4-7,17H,8-12H2,1-3H3. The fraction of sp³-hybridized carbons (Fsp3) is 0.562. The maximum atomic E-state index is 12.9. The molecule has 1 aliphatic heterocycles. The Balaban J connectivity index is 2.26. The van der Waals surface area contributed by atoms with E-state index in [9.17, 15) is 13.2 Å². The fourth-order valence-corrected chi connectivity index (χ4v) is 4.50. The lowest BCUT2D eigenvalue weighted by Gasteiger charge is -2.37. The average Bonchev–Trinajstić information content (AvgIpc) is 2.54. The van der Waals surface area contributed by atoms with Crippen LogP contribution >= 0.6 is 0 Å². The Morgan fingerprint density at radius 1 is 1.30 bits per heavy atom. The van der Waals surface area contributed by atoms with E-state index >= 15 is 0 Å². The number of sulfone groups is 1. The predicted molar refractivity (Wildman–Crippen MR) is 89.1 cm³/mol. The normalized spacial score (nSPS) is 17.5. The molecule has 1 aromatic carbocycles. The summed E-state index contributed by atoms with van der Waals surface area (Å²) in [6, 6.07) is 7.42. The van der Waals surface area contributed by atoms with Crippen molar-refractivity contribution in [2.75, 3.05) is 33.5 Å². The summed E-state index contributed by atoms with van der Waals surface area (Å²) in [6.45, 7) is 1.37. The number of carbonyl (C=O) groups is 1. The maximum absolute atomic E-state index is 12.9. The molecular weight excluding hydrogens is 316 g/mol. The van der Waals surface area contributed by atoms with Gasteiger partial charge in [-0.1, -0.05) is 18.2 Å². The van der Waals surface area contributed by atoms with E-state index in [1.165, 1.54) is 4.90 Å². The lowest BCUT2D eigenvalue weighted by Crippen LogP contribution is -2.57. The Morgan fingerprint density at radius 3 is 2.48 bits per heavy atom. The highest BCUT2D eigenvalue weighted by atomic mass is 32.2. The molecule has 1 amide bonds. The Morgan fingerprint density at radius 2 is 1.91 bits per heavy atom. The van der Waals surface area contributed by atoms with E-state index in [0.717, 1.165) is 11.8 Å². The lowest BCUT2D eigenvalue weighted by molar-refractivity contribution is -0.134. The van der Waals surface area contributed by atoms with Crippen LogP contribution in [0.1, 0.15) is 18.4 Å². The van der Waals surface area contributed by atoms with Crippen molar-refractivity contribution < 1.29 is 17.9 Å². The van der Waals surface area contributed by atoms with Gasteiger partial charge in [-0.05, 0) is 32.0 Å². The number of amides is 1. The largest absolute Gasteiger partial charge is 0.496 e. The van der Waals surface area contributed by atoms with Crippen molar-refractivity contribution in [2.24, 2.45) is 0 Å². The van der Waals surface area contributed by atoms with E-state index in [0.29, 0.717) is 38.2 Å². The van der Waals surface area contributed by atoms with Gasteiger partial charge in [0.25, 0.3) is 0 Å². The molecule has 0 aliphatic carbocycles. The number of hydrogen-bond donors (Lipinski definition) is 1. The number of hydrogen-bond acceptors (Lipinski definition) is 5. The van der Waals surface area contributed by atoms with E-state index in [2.05, 4.69) is 5.32 Å². The number of nitrogens with zero attached hydrogens (tertiary/aromatic N) is 1. The van der Waals surface area contributed by atoms with Gasteiger partial charge < -0.3 is 15.0 Å². The van der Waals surface area contributed by atoms with Crippen LogP contribution in [0.4, 0.5) is 0 Å². The van der Waals surface area contributed by atoms with Gasteiger partial charge in [0.1, 0.15) is 5.75 Å². The number of para-hydroxylation sites is 1. The third-order valence-corrected chi connectivity index (χ3v) is 6.46. The molecule has 1 saturated heterocycles. The first kappa shape index (κ1) is 17.7. The summed E-state index contributed by atoms with van der Waals surface area (Å²) >= 11 is 0. The molecule has 7 heteroatoms. The van der Waals surface area contributed by atoms with Crippen molar-refractivity contribution >= 4 is 15.7 Å². The molecule has 0 atom stereocenters. The van der Waals surface area contributed by atoms with E-state index in [1.54, 1.807) is 14.2 Å². The van der Waals surface area contributed by atoms with Gasteiger partial charge in [0.05, 0.1) is 7.11 Å². The van der Waals surface area contributed by atoms with Crippen LogP contribution in [-0.4, -0.2) is 57.5 Å². The van der Waals surface area contributed by atoms with E-state index in [-0.39, 0.29) is 5.91 Å². The van der Waals surface area contributed by atoms with Gasteiger partial charge in [-0.15, -0.1) is 0 Å². The second-order valence-corrected chi connectivity index (χ2v) is 8.32. The molecule has 0 unspecified atom stereocenters. The number of rotatable bonds is 5. The summed E-state index contributed by atoms with van der Waals surface area (Å²) in [6.07, 6.45) is 1.77. The fourth-order valence-electron chi connectivity index (χ4n) is 3.08. The van der Waals surface area contributed by atoms with E-state index in [1.807, 2.05) is 24.3 Å². The zero-order valence-electron chi connectivity index (χ0n) is 13.8. The van der Waals surface area contributed by atoms with Crippen LogP contribution in [0, 0.1) is 0 Å². The van der Waals surface area contributed by atoms with Crippen molar-refractivity contribution in [2.45, 2.75) is 24.1 Å². The number of benzene rings is 1. The average molecular weight is 340 g/mol. The summed E-state index contributed by atoms with van der Waals surface area (Å²) in [5.41, 5.74) is 0.850. The first-order chi connectivity index (χ1) is 10.8. The SMILES string of the molecule is COc1ccccc1CN(C)C(=O)C1(S(C)(=O)=O)CCNCC1. The molecule has 0 spiro atoms. The van der Waals surface area contributed by atoms with Crippen LogP contribution < -0.4 is 10.1 Å². The molecule has 1 N–H and O–H groups in total. The summed E-state index contributed by atoms with van der Waals surface area (Å²) in [4.78, 5) is 14.4. The zero-order chi connectivity index (χ0) is 17.1. The van der Waals surface area contributed by atoms with Crippen LogP contribution in [0.5, 0.6) is 5.75 Å². The maximum Gasteiger partial charge on any atom is 0.244 e. The van der Waals surface area contributed by atoms with E-state index < -0.39 is 14.6 Å². The molecule has 0 radical (unpaired) electrons. The van der Waals surface area contributed by atoms with Crippen LogP contribution in [0.2, 0.25) is 0 Å². The van der Waals surface area contributed by atoms with Gasteiger partial charge in [0.2, 0.25) is 5.91 Å². The molecule has 0 aromatic heterocycles. The highest BCUT2D eigenvalue weighted by Gasteiger charge is 2.49. The molecule has 0 saturated carbocycles. The van der Waals surface area contributed by atoms with Crippen molar-refractivity contribution in [3.63, 3.8) is 0 Å². The molecule has 1 aliphatic rings. The second-order valence-electron chi connectivity index (χ2n) is 5.99. The number of piperidine rings is 1. The van der Waals surface area contributed by atoms with Gasteiger partial charge in [-0.25, -0.2) is 8.42 Å². The first-order valence-corrected chi connectivity index (χ1v) is 9.49. The molecule has 0 bridgehead atoms. The number of ether oxygens (including phenoxy) is 1.